The number of fused-ring (bicyclic) bond motifs is 1. The van der Waals surface area contributed by atoms with Crippen LogP contribution in [-0.4, -0.2) is 77.4 Å². The van der Waals surface area contributed by atoms with E-state index in [9.17, 15) is 29.4 Å². The summed E-state index contributed by atoms with van der Waals surface area (Å²) in [5.74, 6) is -1.88. The third-order valence-corrected chi connectivity index (χ3v) is 9.16. The lowest BCUT2D eigenvalue weighted by molar-refractivity contribution is -0.140. The molecular weight excluding hydrogens is 588 g/mol. The number of unbranched alkanes of at least 4 members (excludes halogenated alkanes) is 1. The number of carbonyl (C=O) groups excluding carboxylic acids is 4. The molecule has 0 spiro atoms. The van der Waals surface area contributed by atoms with Crippen molar-refractivity contribution in [1.82, 2.24) is 4.90 Å². The van der Waals surface area contributed by atoms with Crippen LogP contribution in [0.5, 0.6) is 0 Å². The van der Waals surface area contributed by atoms with Crippen molar-refractivity contribution in [3.05, 3.63) is 71.8 Å². The van der Waals surface area contributed by atoms with Crippen LogP contribution in [0.1, 0.15) is 69.4 Å². The van der Waals surface area contributed by atoms with Gasteiger partial charge < -0.3 is 24.7 Å². The van der Waals surface area contributed by atoms with Crippen LogP contribution < -0.4 is 9.91 Å². The van der Waals surface area contributed by atoms with Crippen molar-refractivity contribution in [2.24, 2.45) is 11.0 Å². The van der Waals surface area contributed by atoms with Crippen molar-refractivity contribution in [2.75, 3.05) is 36.7 Å². The van der Waals surface area contributed by atoms with Gasteiger partial charge in [-0.1, -0.05) is 49.4 Å². The van der Waals surface area contributed by atoms with Crippen LogP contribution in [0, 0.1) is 5.92 Å². The molecule has 0 bridgehead atoms. The van der Waals surface area contributed by atoms with Gasteiger partial charge in [0.15, 0.2) is 5.60 Å². The number of esters is 1. The molecule has 0 aromatic heterocycles. The number of nitrogens with zero attached hydrogens (tertiary/aromatic N) is 4. The lowest BCUT2D eigenvalue weighted by atomic mass is 9.82. The predicted molar refractivity (Wildman–Crippen MR) is 173 cm³/mol. The zero-order chi connectivity index (χ0) is 32.8. The third kappa shape index (κ3) is 6.61. The Kier molecular flexibility index (Phi) is 10.3. The third-order valence-electron chi connectivity index (χ3n) is 9.16. The first-order valence-electron chi connectivity index (χ1n) is 16.0. The summed E-state index contributed by atoms with van der Waals surface area (Å²) in [7, 11) is 1.33. The molecule has 244 valence electrons. The summed E-state index contributed by atoms with van der Waals surface area (Å²) in [5, 5.41) is 27.8. The standard InChI is InChI=1S/C35H42N4O7/c1-24(10-8-14-31(41)37-21-9-13-27(37)23-40)35(45)28-22-26(39-32(42)19-17-29(36-39)25-11-4-3-5-12-25)16-18-30(28)38(34(35)44)20-7-6-15-33(43)46-2/h3-5,8,10-12,16,18,22,24,27,40,45H,6-7,9,13-15,17,19-21,23H2,1-2H3/b10-8+/t24-,27+,35+/m1/s1. The van der Waals surface area contributed by atoms with Crippen LogP contribution in [0.2, 0.25) is 0 Å². The van der Waals surface area contributed by atoms with Crippen molar-refractivity contribution < 1.29 is 34.1 Å². The number of anilines is 2. The van der Waals surface area contributed by atoms with Gasteiger partial charge in [-0.3, -0.25) is 19.2 Å². The summed E-state index contributed by atoms with van der Waals surface area (Å²) in [4.78, 5) is 54.8. The molecule has 3 atom stereocenters. The minimum absolute atomic E-state index is 0.0779. The molecule has 11 nitrogen and oxygen atoms in total. The Balaban J connectivity index is 1.43. The smallest absolute Gasteiger partial charge is 0.305 e. The van der Waals surface area contributed by atoms with Gasteiger partial charge in [0.25, 0.3) is 5.91 Å². The van der Waals surface area contributed by atoms with Gasteiger partial charge in [0.05, 0.1) is 36.8 Å². The first-order chi connectivity index (χ1) is 22.2. The van der Waals surface area contributed by atoms with E-state index in [1.165, 1.54) is 17.0 Å². The lowest BCUT2D eigenvalue weighted by Crippen LogP contribution is -2.44. The average Bonchev–Trinajstić information content (AvgIpc) is 3.64. The summed E-state index contributed by atoms with van der Waals surface area (Å²) in [6.45, 7) is 2.52. The predicted octanol–water partition coefficient (Wildman–Crippen LogP) is 3.66. The van der Waals surface area contributed by atoms with Crippen LogP contribution in [0.25, 0.3) is 0 Å². The van der Waals surface area contributed by atoms with E-state index in [0.717, 1.165) is 24.1 Å². The maximum Gasteiger partial charge on any atom is 0.305 e. The highest BCUT2D eigenvalue weighted by Gasteiger charge is 2.52. The number of methoxy groups -OCH3 is 1. The van der Waals surface area contributed by atoms with Crippen molar-refractivity contribution in [1.29, 1.82) is 0 Å². The SMILES string of the molecule is COC(=O)CCCCN1C(=O)[C@](O)([C@H](C)/C=C/CC(=O)N2CCC[C@H]2CO)c2cc(N3N=C(c4ccccc4)CCC3=O)ccc21. The number of benzene rings is 2. The van der Waals surface area contributed by atoms with Crippen LogP contribution >= 0.6 is 0 Å². The fourth-order valence-corrected chi connectivity index (χ4v) is 6.51. The van der Waals surface area contributed by atoms with E-state index >= 15 is 0 Å². The minimum Gasteiger partial charge on any atom is -0.469 e. The first-order valence-corrected chi connectivity index (χ1v) is 16.0. The van der Waals surface area contributed by atoms with Gasteiger partial charge in [0.2, 0.25) is 11.8 Å². The number of amides is 3. The Morgan fingerprint density at radius 1 is 1.13 bits per heavy atom. The van der Waals surface area contributed by atoms with Gasteiger partial charge in [-0.25, -0.2) is 5.01 Å². The molecular formula is C35H42N4O7. The van der Waals surface area contributed by atoms with Gasteiger partial charge in [-0.05, 0) is 49.4 Å². The van der Waals surface area contributed by atoms with E-state index in [-0.39, 0.29) is 56.2 Å². The highest BCUT2D eigenvalue weighted by atomic mass is 16.5. The molecule has 0 aliphatic carbocycles. The number of hydrazone groups is 1. The number of aliphatic hydroxyl groups excluding tert-OH is 1. The highest BCUT2D eigenvalue weighted by molar-refractivity contribution is 6.10. The van der Waals surface area contributed by atoms with Gasteiger partial charge in [0.1, 0.15) is 0 Å². The topological polar surface area (TPSA) is 140 Å². The maximum absolute atomic E-state index is 14.0. The molecule has 3 aliphatic heterocycles. The van der Waals surface area contributed by atoms with Gasteiger partial charge in [-0.15, -0.1) is 0 Å². The first kappa shape index (κ1) is 33.0. The molecule has 0 radical (unpaired) electrons. The molecule has 46 heavy (non-hydrogen) atoms. The Morgan fingerprint density at radius 2 is 1.91 bits per heavy atom. The number of aliphatic hydroxyl groups is 2. The van der Waals surface area contributed by atoms with Crippen molar-refractivity contribution in [3.63, 3.8) is 0 Å². The second-order valence-electron chi connectivity index (χ2n) is 12.1. The van der Waals surface area contributed by atoms with E-state index in [2.05, 4.69) is 5.10 Å². The van der Waals surface area contributed by atoms with Crippen LogP contribution in [-0.2, 0) is 29.5 Å². The Hall–Kier alpha value is -4.35. The van der Waals surface area contributed by atoms with E-state index in [0.29, 0.717) is 42.7 Å². The molecule has 1 saturated heterocycles. The molecule has 3 amide bonds. The highest BCUT2D eigenvalue weighted by Crippen LogP contribution is 2.47. The molecule has 2 aromatic rings. The van der Waals surface area contributed by atoms with Crippen molar-refractivity contribution in [3.8, 4) is 0 Å². The molecule has 3 heterocycles. The largest absolute Gasteiger partial charge is 0.469 e. The fourth-order valence-electron chi connectivity index (χ4n) is 6.51. The second kappa shape index (κ2) is 14.4. The second-order valence-corrected chi connectivity index (χ2v) is 12.1. The molecule has 3 aliphatic rings. The summed E-state index contributed by atoms with van der Waals surface area (Å²) >= 11 is 0. The van der Waals surface area contributed by atoms with Gasteiger partial charge in [-0.2, -0.15) is 5.10 Å². The monoisotopic (exact) mass is 630 g/mol. The molecule has 11 heteroatoms. The van der Waals surface area contributed by atoms with Gasteiger partial charge in [0, 0.05) is 50.3 Å². The average molecular weight is 631 g/mol. The van der Waals surface area contributed by atoms with Crippen LogP contribution in [0.3, 0.4) is 0 Å². The molecule has 0 unspecified atom stereocenters. The zero-order valence-corrected chi connectivity index (χ0v) is 26.4. The molecule has 2 N–H and O–H groups in total. The molecule has 1 fully saturated rings. The number of ether oxygens (including phenoxy) is 1. The lowest BCUT2D eigenvalue weighted by Gasteiger charge is -2.29. The Labute approximate surface area is 269 Å². The molecule has 0 saturated carbocycles. The summed E-state index contributed by atoms with van der Waals surface area (Å²) < 4.78 is 4.73. The normalized spacial score (nSPS) is 22.0. The number of rotatable bonds is 12. The van der Waals surface area contributed by atoms with Gasteiger partial charge >= 0.3 is 5.97 Å². The number of hydrogen-bond donors (Lipinski definition) is 2. The maximum atomic E-state index is 14.0. The summed E-state index contributed by atoms with van der Waals surface area (Å²) in [6.07, 6.45) is 7.03. The van der Waals surface area contributed by atoms with E-state index in [1.54, 1.807) is 42.2 Å². The Morgan fingerprint density at radius 3 is 2.65 bits per heavy atom. The van der Waals surface area contributed by atoms with Crippen LogP contribution in [0.15, 0.2) is 65.8 Å². The van der Waals surface area contributed by atoms with E-state index in [1.807, 2.05) is 30.3 Å². The van der Waals surface area contributed by atoms with Crippen molar-refractivity contribution >= 4 is 40.8 Å². The van der Waals surface area contributed by atoms with Crippen molar-refractivity contribution in [2.45, 2.75) is 69.9 Å². The molecule has 5 rings (SSSR count). The number of hydrogen-bond acceptors (Lipinski definition) is 8. The van der Waals surface area contributed by atoms with Crippen LogP contribution in [0.4, 0.5) is 11.4 Å². The number of likely N-dealkylation sites (tertiary alicyclic amines) is 1. The summed E-state index contributed by atoms with van der Waals surface area (Å²) in [5.41, 5.74) is 1.01. The quantitative estimate of drug-likeness (QED) is 0.207. The number of carbonyl (C=O) groups is 4. The van der Waals surface area contributed by atoms with E-state index in [4.69, 9.17) is 4.74 Å². The minimum atomic E-state index is -1.97. The fraction of sp³-hybridized carbons (Fsp3) is 0.457. The van der Waals surface area contributed by atoms with E-state index < -0.39 is 17.4 Å². The molecule has 2 aromatic carbocycles. The zero-order valence-electron chi connectivity index (χ0n) is 26.4. The summed E-state index contributed by atoms with van der Waals surface area (Å²) in [6, 6.07) is 14.6. The Bertz CT molecular complexity index is 1520.